The molecule has 0 aliphatic carbocycles. The fourth-order valence-electron chi connectivity index (χ4n) is 1.98. The van der Waals surface area contributed by atoms with Gasteiger partial charge in [-0.3, -0.25) is 9.48 Å². The molecule has 0 bridgehead atoms. The molecule has 20 heavy (non-hydrogen) atoms. The van der Waals surface area contributed by atoms with Gasteiger partial charge in [0.15, 0.2) is 11.4 Å². The zero-order valence-corrected chi connectivity index (χ0v) is 13.1. The van der Waals surface area contributed by atoms with Crippen LogP contribution in [-0.4, -0.2) is 22.7 Å². The summed E-state index contributed by atoms with van der Waals surface area (Å²) >= 11 is 3.34. The van der Waals surface area contributed by atoms with Crippen LogP contribution >= 0.6 is 15.9 Å². The molecule has 2 N–H and O–H groups in total. The third-order valence-corrected chi connectivity index (χ3v) is 3.33. The standard InChI is InChI=1S/C14H16BrN3O2/c1-8(2)18-13(12(20-3)7-17-18)14(19)9-4-10(15)6-11(16)5-9/h4-8H,16H2,1-3H3. The zero-order valence-electron chi connectivity index (χ0n) is 11.6. The lowest BCUT2D eigenvalue weighted by molar-refractivity contribution is 0.102. The average Bonchev–Trinajstić information content (AvgIpc) is 2.80. The van der Waals surface area contributed by atoms with E-state index < -0.39 is 0 Å². The number of ketones is 1. The lowest BCUT2D eigenvalue weighted by Gasteiger charge is -2.11. The molecule has 2 aromatic rings. The normalized spacial score (nSPS) is 10.8. The average molecular weight is 338 g/mol. The van der Waals surface area contributed by atoms with E-state index in [4.69, 9.17) is 10.5 Å². The molecule has 1 aromatic heterocycles. The van der Waals surface area contributed by atoms with E-state index in [9.17, 15) is 4.79 Å². The number of ether oxygens (including phenoxy) is 1. The number of anilines is 1. The van der Waals surface area contributed by atoms with Gasteiger partial charge in [-0.1, -0.05) is 15.9 Å². The lowest BCUT2D eigenvalue weighted by atomic mass is 10.1. The number of halogens is 1. The summed E-state index contributed by atoms with van der Waals surface area (Å²) in [6.07, 6.45) is 1.55. The quantitative estimate of drug-likeness (QED) is 0.687. The highest BCUT2D eigenvalue weighted by Crippen LogP contribution is 2.26. The summed E-state index contributed by atoms with van der Waals surface area (Å²) in [5, 5.41) is 4.21. The van der Waals surface area contributed by atoms with Crippen LogP contribution < -0.4 is 10.5 Å². The van der Waals surface area contributed by atoms with Crippen LogP contribution in [0.15, 0.2) is 28.9 Å². The van der Waals surface area contributed by atoms with Crippen molar-refractivity contribution in [2.45, 2.75) is 19.9 Å². The summed E-state index contributed by atoms with van der Waals surface area (Å²) < 4.78 is 7.64. The Balaban J connectivity index is 2.55. The van der Waals surface area contributed by atoms with E-state index >= 15 is 0 Å². The highest BCUT2D eigenvalue weighted by Gasteiger charge is 2.22. The molecule has 0 fully saturated rings. The molecular weight excluding hydrogens is 322 g/mol. The highest BCUT2D eigenvalue weighted by molar-refractivity contribution is 9.10. The van der Waals surface area contributed by atoms with Gasteiger partial charge in [0.1, 0.15) is 0 Å². The van der Waals surface area contributed by atoms with Gasteiger partial charge >= 0.3 is 0 Å². The predicted molar refractivity (Wildman–Crippen MR) is 81.2 cm³/mol. The zero-order chi connectivity index (χ0) is 14.9. The summed E-state index contributed by atoms with van der Waals surface area (Å²) in [6, 6.07) is 5.18. The maximum Gasteiger partial charge on any atom is 0.214 e. The molecule has 0 unspecified atom stereocenters. The predicted octanol–water partition coefficient (Wildman–Crippen LogP) is 3.05. The summed E-state index contributed by atoms with van der Waals surface area (Å²) in [7, 11) is 1.52. The Hall–Kier alpha value is -1.82. The molecule has 0 radical (unpaired) electrons. The van der Waals surface area contributed by atoms with E-state index in [1.54, 1.807) is 29.1 Å². The molecule has 2 rings (SSSR count). The molecule has 0 aliphatic rings. The van der Waals surface area contributed by atoms with Crippen molar-refractivity contribution in [2.75, 3.05) is 12.8 Å². The number of hydrogen-bond donors (Lipinski definition) is 1. The molecule has 1 heterocycles. The maximum absolute atomic E-state index is 12.7. The van der Waals surface area contributed by atoms with E-state index in [0.29, 0.717) is 22.7 Å². The molecule has 0 spiro atoms. The number of benzene rings is 1. The van der Waals surface area contributed by atoms with E-state index in [2.05, 4.69) is 21.0 Å². The lowest BCUT2D eigenvalue weighted by Crippen LogP contribution is -2.14. The van der Waals surface area contributed by atoms with E-state index in [1.807, 2.05) is 13.8 Å². The van der Waals surface area contributed by atoms with Gasteiger partial charge in [0.2, 0.25) is 5.78 Å². The number of carbonyl (C=O) groups is 1. The number of methoxy groups -OCH3 is 1. The number of nitrogen functional groups attached to an aromatic ring is 1. The van der Waals surface area contributed by atoms with Crippen molar-refractivity contribution >= 4 is 27.4 Å². The molecular formula is C14H16BrN3O2. The fraction of sp³-hybridized carbons (Fsp3) is 0.286. The molecule has 0 saturated heterocycles. The molecule has 6 heteroatoms. The van der Waals surface area contributed by atoms with Crippen molar-refractivity contribution in [2.24, 2.45) is 0 Å². The summed E-state index contributed by atoms with van der Waals surface area (Å²) in [5.74, 6) is 0.295. The molecule has 1 aromatic carbocycles. The second-order valence-corrected chi connectivity index (χ2v) is 5.62. The Morgan fingerprint density at radius 3 is 2.65 bits per heavy atom. The van der Waals surface area contributed by atoms with Crippen LogP contribution in [0.25, 0.3) is 0 Å². The first-order valence-electron chi connectivity index (χ1n) is 6.16. The Morgan fingerprint density at radius 2 is 2.10 bits per heavy atom. The number of hydrogen-bond acceptors (Lipinski definition) is 4. The largest absolute Gasteiger partial charge is 0.493 e. The van der Waals surface area contributed by atoms with Crippen molar-refractivity contribution < 1.29 is 9.53 Å². The van der Waals surface area contributed by atoms with Gasteiger partial charge in [-0.2, -0.15) is 5.10 Å². The third kappa shape index (κ3) is 2.70. The highest BCUT2D eigenvalue weighted by atomic mass is 79.9. The minimum atomic E-state index is -0.166. The number of aromatic nitrogens is 2. The number of carbonyl (C=O) groups excluding carboxylic acids is 1. The molecule has 0 aliphatic heterocycles. The smallest absolute Gasteiger partial charge is 0.214 e. The number of nitrogens with zero attached hydrogens (tertiary/aromatic N) is 2. The van der Waals surface area contributed by atoms with Crippen LogP contribution in [0.2, 0.25) is 0 Å². The molecule has 0 atom stereocenters. The monoisotopic (exact) mass is 337 g/mol. The van der Waals surface area contributed by atoms with Crippen LogP contribution in [0.3, 0.4) is 0 Å². The topological polar surface area (TPSA) is 70.1 Å². The molecule has 106 valence electrons. The first-order chi connectivity index (χ1) is 9.43. The number of rotatable bonds is 4. The first-order valence-corrected chi connectivity index (χ1v) is 6.95. The minimum absolute atomic E-state index is 0.0577. The molecule has 0 amide bonds. The van der Waals surface area contributed by atoms with Crippen molar-refractivity contribution in [3.05, 3.63) is 40.1 Å². The van der Waals surface area contributed by atoms with Crippen molar-refractivity contribution in [3.8, 4) is 5.75 Å². The van der Waals surface area contributed by atoms with Crippen molar-refractivity contribution in [1.82, 2.24) is 9.78 Å². The van der Waals surface area contributed by atoms with E-state index in [0.717, 1.165) is 4.47 Å². The van der Waals surface area contributed by atoms with Crippen LogP contribution in [0, 0.1) is 0 Å². The Bertz CT molecular complexity index is 630. The molecule has 5 nitrogen and oxygen atoms in total. The van der Waals surface area contributed by atoms with Crippen LogP contribution in [0.4, 0.5) is 5.69 Å². The van der Waals surface area contributed by atoms with Gasteiger partial charge in [0.25, 0.3) is 0 Å². The summed E-state index contributed by atoms with van der Waals surface area (Å²) in [5.41, 5.74) is 7.24. The van der Waals surface area contributed by atoms with Crippen molar-refractivity contribution in [1.29, 1.82) is 0 Å². The second kappa shape index (κ2) is 5.66. The third-order valence-electron chi connectivity index (χ3n) is 2.87. The molecule has 0 saturated carbocycles. The fourth-order valence-corrected chi connectivity index (χ4v) is 2.49. The Kier molecular flexibility index (Phi) is 4.13. The summed E-state index contributed by atoms with van der Waals surface area (Å²) in [4.78, 5) is 12.7. The van der Waals surface area contributed by atoms with Gasteiger partial charge in [-0.15, -0.1) is 0 Å². The Labute approximate surface area is 125 Å². The van der Waals surface area contributed by atoms with Gasteiger partial charge < -0.3 is 10.5 Å². The second-order valence-electron chi connectivity index (χ2n) is 4.70. The van der Waals surface area contributed by atoms with E-state index in [1.165, 1.54) is 7.11 Å². The van der Waals surface area contributed by atoms with Crippen LogP contribution in [0.5, 0.6) is 5.75 Å². The van der Waals surface area contributed by atoms with E-state index in [-0.39, 0.29) is 11.8 Å². The van der Waals surface area contributed by atoms with Gasteiger partial charge in [0.05, 0.1) is 13.3 Å². The van der Waals surface area contributed by atoms with Crippen LogP contribution in [-0.2, 0) is 0 Å². The van der Waals surface area contributed by atoms with Gasteiger partial charge in [-0.05, 0) is 32.0 Å². The van der Waals surface area contributed by atoms with Gasteiger partial charge in [-0.25, -0.2) is 0 Å². The summed E-state index contributed by atoms with van der Waals surface area (Å²) in [6.45, 7) is 3.91. The first kappa shape index (κ1) is 14.6. The maximum atomic E-state index is 12.7. The Morgan fingerprint density at radius 1 is 1.40 bits per heavy atom. The number of nitrogens with two attached hydrogens (primary N) is 1. The van der Waals surface area contributed by atoms with Crippen LogP contribution in [0.1, 0.15) is 35.9 Å². The van der Waals surface area contributed by atoms with Gasteiger partial charge in [0, 0.05) is 21.8 Å². The SMILES string of the molecule is COc1cnn(C(C)C)c1C(=O)c1cc(N)cc(Br)c1. The van der Waals surface area contributed by atoms with Crippen molar-refractivity contribution in [3.63, 3.8) is 0 Å². The minimum Gasteiger partial charge on any atom is -0.493 e.